The molecule has 1 N–H and O–H groups in total. The zero-order valence-corrected chi connectivity index (χ0v) is 12.9. The van der Waals surface area contributed by atoms with Crippen molar-refractivity contribution >= 4 is 29.3 Å². The van der Waals surface area contributed by atoms with Gasteiger partial charge in [0.05, 0.1) is 6.20 Å². The van der Waals surface area contributed by atoms with Crippen LogP contribution in [0.25, 0.3) is 0 Å². The Morgan fingerprint density at radius 2 is 2.33 bits per heavy atom. The smallest absolute Gasteiger partial charge is 0.224 e. The first-order valence-electron chi connectivity index (χ1n) is 7.50. The Hall–Kier alpha value is -1.56. The van der Waals surface area contributed by atoms with Crippen molar-refractivity contribution < 1.29 is 4.79 Å². The van der Waals surface area contributed by atoms with Crippen LogP contribution in [0.5, 0.6) is 0 Å². The molecule has 2 fully saturated rings. The third-order valence-electron chi connectivity index (χ3n) is 4.05. The van der Waals surface area contributed by atoms with Gasteiger partial charge in [-0.05, 0) is 12.8 Å². The van der Waals surface area contributed by atoms with Crippen LogP contribution < -0.4 is 10.2 Å². The van der Waals surface area contributed by atoms with Gasteiger partial charge >= 0.3 is 0 Å². The minimum Gasteiger partial charge on any atom is -0.354 e. The molecule has 0 radical (unpaired) electrons. The van der Waals surface area contributed by atoms with Crippen molar-refractivity contribution in [2.75, 3.05) is 36.4 Å². The molecule has 0 aliphatic carbocycles. The summed E-state index contributed by atoms with van der Waals surface area (Å²) >= 11 is 6.26. The minimum atomic E-state index is 0.277. The summed E-state index contributed by atoms with van der Waals surface area (Å²) in [7, 11) is 0. The Morgan fingerprint density at radius 1 is 1.48 bits per heavy atom. The van der Waals surface area contributed by atoms with Crippen molar-refractivity contribution in [2.45, 2.75) is 32.2 Å². The molecule has 1 unspecified atom stereocenters. The highest BCUT2D eigenvalue weighted by Crippen LogP contribution is 2.29. The molecule has 7 heteroatoms. The fraction of sp³-hybridized carbons (Fsp3) is 0.643. The Balaban J connectivity index is 1.75. The molecule has 6 nitrogen and oxygen atoms in total. The molecule has 1 aromatic rings. The van der Waals surface area contributed by atoms with E-state index in [1.54, 1.807) is 6.20 Å². The Labute approximate surface area is 129 Å². The SMILES string of the molecule is CCCNc1ncc(Cl)c(N2CCN3C(=O)CCC3C2)n1. The number of nitrogens with zero attached hydrogens (tertiary/aromatic N) is 4. The van der Waals surface area contributed by atoms with Gasteiger partial charge in [-0.2, -0.15) is 4.98 Å². The van der Waals surface area contributed by atoms with Gasteiger partial charge < -0.3 is 15.1 Å². The van der Waals surface area contributed by atoms with Crippen molar-refractivity contribution in [3.8, 4) is 0 Å². The number of fused-ring (bicyclic) bond motifs is 1. The van der Waals surface area contributed by atoms with Crippen LogP contribution in [0.4, 0.5) is 11.8 Å². The number of amides is 1. The highest BCUT2D eigenvalue weighted by molar-refractivity contribution is 6.32. The molecule has 2 saturated heterocycles. The van der Waals surface area contributed by atoms with E-state index in [0.29, 0.717) is 23.4 Å². The topological polar surface area (TPSA) is 61.4 Å². The fourth-order valence-electron chi connectivity index (χ4n) is 2.96. The van der Waals surface area contributed by atoms with E-state index in [2.05, 4.69) is 27.1 Å². The van der Waals surface area contributed by atoms with Crippen molar-refractivity contribution in [2.24, 2.45) is 0 Å². The molecular formula is C14H20ClN5O. The second-order valence-electron chi connectivity index (χ2n) is 5.52. The average molecular weight is 310 g/mol. The minimum absolute atomic E-state index is 0.277. The predicted molar refractivity (Wildman–Crippen MR) is 82.8 cm³/mol. The summed E-state index contributed by atoms with van der Waals surface area (Å²) in [6, 6.07) is 0.296. The number of carbonyl (C=O) groups excluding carboxylic acids is 1. The van der Waals surface area contributed by atoms with Gasteiger partial charge in [-0.1, -0.05) is 18.5 Å². The number of anilines is 2. The van der Waals surface area contributed by atoms with Gasteiger partial charge in [-0.25, -0.2) is 4.98 Å². The van der Waals surface area contributed by atoms with E-state index < -0.39 is 0 Å². The van der Waals surface area contributed by atoms with E-state index in [1.165, 1.54) is 0 Å². The van der Waals surface area contributed by atoms with Crippen LogP contribution in [0.3, 0.4) is 0 Å². The summed E-state index contributed by atoms with van der Waals surface area (Å²) in [6.07, 6.45) is 4.26. The number of aromatic nitrogens is 2. The van der Waals surface area contributed by atoms with Gasteiger partial charge in [0.2, 0.25) is 11.9 Å². The fourth-order valence-corrected chi connectivity index (χ4v) is 3.17. The maximum atomic E-state index is 11.7. The van der Waals surface area contributed by atoms with E-state index in [0.717, 1.165) is 44.8 Å². The lowest BCUT2D eigenvalue weighted by Crippen LogP contribution is -2.51. The Kier molecular flexibility index (Phi) is 4.14. The highest BCUT2D eigenvalue weighted by atomic mass is 35.5. The zero-order valence-electron chi connectivity index (χ0n) is 12.2. The summed E-state index contributed by atoms with van der Waals surface area (Å²) in [5, 5.41) is 3.75. The second-order valence-corrected chi connectivity index (χ2v) is 5.92. The molecular weight excluding hydrogens is 290 g/mol. The van der Waals surface area contributed by atoms with Gasteiger partial charge in [0.1, 0.15) is 5.02 Å². The number of rotatable bonds is 4. The van der Waals surface area contributed by atoms with Crippen LogP contribution in [-0.4, -0.2) is 53.0 Å². The lowest BCUT2D eigenvalue weighted by molar-refractivity contribution is -0.129. The Bertz CT molecular complexity index is 538. The third kappa shape index (κ3) is 2.90. The van der Waals surface area contributed by atoms with Crippen LogP contribution in [0.2, 0.25) is 5.02 Å². The zero-order chi connectivity index (χ0) is 14.8. The lowest BCUT2D eigenvalue weighted by Gasteiger charge is -2.38. The number of hydrogen-bond acceptors (Lipinski definition) is 5. The van der Waals surface area contributed by atoms with Gasteiger partial charge in [0.25, 0.3) is 0 Å². The van der Waals surface area contributed by atoms with Crippen LogP contribution in [0.1, 0.15) is 26.2 Å². The maximum Gasteiger partial charge on any atom is 0.224 e. The molecule has 0 saturated carbocycles. The van der Waals surface area contributed by atoms with E-state index in [-0.39, 0.29) is 5.91 Å². The number of nitrogens with one attached hydrogen (secondary N) is 1. The van der Waals surface area contributed by atoms with Gasteiger partial charge in [-0.15, -0.1) is 0 Å². The first-order chi connectivity index (χ1) is 10.2. The molecule has 0 spiro atoms. The summed E-state index contributed by atoms with van der Waals surface area (Å²) in [5.41, 5.74) is 0. The lowest BCUT2D eigenvalue weighted by atomic mass is 10.1. The molecule has 1 atom stereocenters. The van der Waals surface area contributed by atoms with E-state index in [9.17, 15) is 4.79 Å². The first kappa shape index (κ1) is 14.4. The molecule has 21 heavy (non-hydrogen) atoms. The molecule has 2 aliphatic heterocycles. The summed E-state index contributed by atoms with van der Waals surface area (Å²) in [6.45, 7) is 5.26. The molecule has 114 valence electrons. The van der Waals surface area contributed by atoms with Crippen LogP contribution >= 0.6 is 11.6 Å². The van der Waals surface area contributed by atoms with Crippen LogP contribution in [0.15, 0.2) is 6.20 Å². The molecule has 1 aromatic heterocycles. The van der Waals surface area contributed by atoms with Crippen molar-refractivity contribution in [1.29, 1.82) is 0 Å². The number of hydrogen-bond donors (Lipinski definition) is 1. The normalized spacial score (nSPS) is 21.6. The van der Waals surface area contributed by atoms with Crippen molar-refractivity contribution in [3.63, 3.8) is 0 Å². The number of carbonyl (C=O) groups is 1. The second kappa shape index (κ2) is 6.05. The molecule has 3 heterocycles. The summed E-state index contributed by atoms with van der Waals surface area (Å²) < 4.78 is 0. The third-order valence-corrected chi connectivity index (χ3v) is 4.32. The van der Waals surface area contributed by atoms with Crippen LogP contribution in [-0.2, 0) is 4.79 Å². The predicted octanol–water partition coefficient (Wildman–Crippen LogP) is 1.76. The highest BCUT2D eigenvalue weighted by Gasteiger charge is 2.36. The van der Waals surface area contributed by atoms with E-state index in [1.807, 2.05) is 4.90 Å². The molecule has 1 amide bonds. The molecule has 3 rings (SSSR count). The van der Waals surface area contributed by atoms with Gasteiger partial charge in [-0.3, -0.25) is 4.79 Å². The summed E-state index contributed by atoms with van der Waals surface area (Å²) in [5.74, 6) is 1.66. The number of piperazine rings is 1. The molecule has 2 aliphatic rings. The van der Waals surface area contributed by atoms with Gasteiger partial charge in [0, 0.05) is 38.6 Å². The van der Waals surface area contributed by atoms with E-state index >= 15 is 0 Å². The molecule has 0 bridgehead atoms. The first-order valence-corrected chi connectivity index (χ1v) is 7.87. The standard InChI is InChI=1S/C14H20ClN5O/c1-2-5-16-14-17-8-11(15)13(18-14)19-6-7-20-10(9-19)3-4-12(20)21/h8,10H,2-7,9H2,1H3,(H,16,17,18). The van der Waals surface area contributed by atoms with Crippen molar-refractivity contribution in [3.05, 3.63) is 11.2 Å². The Morgan fingerprint density at radius 3 is 3.14 bits per heavy atom. The summed E-state index contributed by atoms with van der Waals surface area (Å²) in [4.78, 5) is 24.6. The molecule has 0 aromatic carbocycles. The van der Waals surface area contributed by atoms with E-state index in [4.69, 9.17) is 11.6 Å². The maximum absolute atomic E-state index is 11.7. The quantitative estimate of drug-likeness (QED) is 0.918. The van der Waals surface area contributed by atoms with Crippen LogP contribution in [0, 0.1) is 0 Å². The van der Waals surface area contributed by atoms with Gasteiger partial charge in [0.15, 0.2) is 5.82 Å². The average Bonchev–Trinajstić information content (AvgIpc) is 2.87. The number of halogens is 1. The largest absolute Gasteiger partial charge is 0.354 e. The monoisotopic (exact) mass is 309 g/mol. The van der Waals surface area contributed by atoms with Crippen molar-refractivity contribution in [1.82, 2.24) is 14.9 Å².